The topological polar surface area (TPSA) is 72.8 Å². The van der Waals surface area contributed by atoms with Crippen LogP contribution in [0.2, 0.25) is 0 Å². The molecule has 0 unspecified atom stereocenters. The van der Waals surface area contributed by atoms with Gasteiger partial charge in [-0.1, -0.05) is 29.8 Å². The highest BCUT2D eigenvalue weighted by Crippen LogP contribution is 2.12. The molecule has 0 bridgehead atoms. The van der Waals surface area contributed by atoms with Gasteiger partial charge in [0.15, 0.2) is 0 Å². The normalized spacial score (nSPS) is 9.95. The molecule has 2 rings (SSSR count). The summed E-state index contributed by atoms with van der Waals surface area (Å²) >= 11 is 0. The van der Waals surface area contributed by atoms with Gasteiger partial charge in [-0.05, 0) is 12.5 Å². The number of nitriles is 1. The Morgan fingerprint density at radius 1 is 1.42 bits per heavy atom. The maximum atomic E-state index is 11.3. The van der Waals surface area contributed by atoms with Gasteiger partial charge in [0.25, 0.3) is 0 Å². The van der Waals surface area contributed by atoms with Crippen molar-refractivity contribution < 1.29 is 0 Å². The van der Waals surface area contributed by atoms with E-state index < -0.39 is 5.69 Å². The zero-order valence-corrected chi connectivity index (χ0v) is 10.8. The minimum atomic E-state index is -0.509. The van der Waals surface area contributed by atoms with Crippen molar-refractivity contribution >= 4 is 5.82 Å². The van der Waals surface area contributed by atoms with Gasteiger partial charge in [-0.2, -0.15) is 10.2 Å². The number of nitrogens with zero attached hydrogens (tertiary/aromatic N) is 3. The molecule has 1 heterocycles. The van der Waals surface area contributed by atoms with Crippen LogP contribution in [0.1, 0.15) is 16.8 Å². The Balaban J connectivity index is 2.25. The summed E-state index contributed by atoms with van der Waals surface area (Å²) in [7, 11) is 1.84. The molecule has 0 radical (unpaired) electrons. The van der Waals surface area contributed by atoms with Crippen molar-refractivity contribution in [1.82, 2.24) is 9.97 Å². The molecule has 2 aromatic rings. The predicted octanol–water partition coefficient (Wildman–Crippen LogP) is 1.59. The highest BCUT2D eigenvalue weighted by atomic mass is 16.1. The number of aromatic amines is 1. The first-order chi connectivity index (χ1) is 9.08. The molecule has 0 saturated carbocycles. The molecule has 5 heteroatoms. The smallest absolute Gasteiger partial charge is 0.347 e. The Labute approximate surface area is 111 Å². The lowest BCUT2D eigenvalue weighted by Crippen LogP contribution is -2.22. The summed E-state index contributed by atoms with van der Waals surface area (Å²) in [6.07, 6.45) is 0. The SMILES string of the molecule is Cc1cccc(CN(C)c2cc(C#N)[nH]c(=O)n2)c1. The molecule has 1 N–H and O–H groups in total. The van der Waals surface area contributed by atoms with Crippen LogP contribution in [0.15, 0.2) is 35.1 Å². The first-order valence-electron chi connectivity index (χ1n) is 5.86. The highest BCUT2D eigenvalue weighted by Gasteiger charge is 2.06. The number of aromatic nitrogens is 2. The van der Waals surface area contributed by atoms with E-state index in [9.17, 15) is 4.79 Å². The minimum absolute atomic E-state index is 0.214. The summed E-state index contributed by atoms with van der Waals surface area (Å²) in [5, 5.41) is 8.83. The lowest BCUT2D eigenvalue weighted by atomic mass is 10.1. The van der Waals surface area contributed by atoms with Gasteiger partial charge >= 0.3 is 5.69 Å². The van der Waals surface area contributed by atoms with E-state index in [1.165, 1.54) is 5.56 Å². The van der Waals surface area contributed by atoms with Gasteiger partial charge in [0.1, 0.15) is 17.6 Å². The van der Waals surface area contributed by atoms with Gasteiger partial charge in [-0.25, -0.2) is 4.79 Å². The summed E-state index contributed by atoms with van der Waals surface area (Å²) in [5.41, 5.74) is 2.02. The van der Waals surface area contributed by atoms with Crippen molar-refractivity contribution in [3.8, 4) is 6.07 Å². The Hall–Kier alpha value is -2.61. The fourth-order valence-corrected chi connectivity index (χ4v) is 1.87. The van der Waals surface area contributed by atoms with Crippen molar-refractivity contribution in [2.45, 2.75) is 13.5 Å². The summed E-state index contributed by atoms with van der Waals surface area (Å²) in [6, 6.07) is 11.6. The summed E-state index contributed by atoms with van der Waals surface area (Å²) < 4.78 is 0. The van der Waals surface area contributed by atoms with Crippen molar-refractivity contribution in [3.05, 3.63) is 57.6 Å². The molecule has 0 fully saturated rings. The monoisotopic (exact) mass is 254 g/mol. The van der Waals surface area contributed by atoms with Gasteiger partial charge in [0.05, 0.1) is 0 Å². The van der Waals surface area contributed by atoms with Crippen LogP contribution in [0.25, 0.3) is 0 Å². The zero-order valence-electron chi connectivity index (χ0n) is 10.8. The second kappa shape index (κ2) is 5.36. The van der Waals surface area contributed by atoms with Crippen molar-refractivity contribution in [3.63, 3.8) is 0 Å². The van der Waals surface area contributed by atoms with Gasteiger partial charge < -0.3 is 4.90 Å². The van der Waals surface area contributed by atoms with E-state index in [4.69, 9.17) is 5.26 Å². The molecular formula is C14H14N4O. The lowest BCUT2D eigenvalue weighted by molar-refractivity contribution is 0.877. The number of H-pyrrole nitrogens is 1. The molecule has 19 heavy (non-hydrogen) atoms. The third-order valence-electron chi connectivity index (χ3n) is 2.74. The number of aryl methyl sites for hydroxylation is 1. The third kappa shape index (κ3) is 3.19. The Bertz CT molecular complexity index is 684. The van der Waals surface area contributed by atoms with Gasteiger partial charge in [0, 0.05) is 19.7 Å². The fraction of sp³-hybridized carbons (Fsp3) is 0.214. The molecule has 96 valence electrons. The second-order valence-corrected chi connectivity index (χ2v) is 4.42. The maximum Gasteiger partial charge on any atom is 0.347 e. The van der Waals surface area contributed by atoms with E-state index in [0.717, 1.165) is 5.56 Å². The quantitative estimate of drug-likeness (QED) is 0.902. The van der Waals surface area contributed by atoms with E-state index in [1.54, 1.807) is 6.07 Å². The van der Waals surface area contributed by atoms with Crippen LogP contribution in [0.4, 0.5) is 5.82 Å². The second-order valence-electron chi connectivity index (χ2n) is 4.42. The van der Waals surface area contributed by atoms with Crippen molar-refractivity contribution in [2.24, 2.45) is 0 Å². The summed E-state index contributed by atoms with van der Waals surface area (Å²) in [5.74, 6) is 0.488. The zero-order chi connectivity index (χ0) is 13.8. The number of hydrogen-bond donors (Lipinski definition) is 1. The third-order valence-corrected chi connectivity index (χ3v) is 2.74. The highest BCUT2D eigenvalue weighted by molar-refractivity contribution is 5.42. The molecule has 0 aliphatic heterocycles. The van der Waals surface area contributed by atoms with Gasteiger partial charge in [-0.3, -0.25) is 4.98 Å². The average Bonchev–Trinajstić information content (AvgIpc) is 2.38. The number of benzene rings is 1. The molecule has 0 spiro atoms. The molecular weight excluding hydrogens is 240 g/mol. The molecule has 5 nitrogen and oxygen atoms in total. The van der Waals surface area contributed by atoms with Crippen molar-refractivity contribution in [2.75, 3.05) is 11.9 Å². The number of hydrogen-bond acceptors (Lipinski definition) is 4. The first-order valence-corrected chi connectivity index (χ1v) is 5.86. The summed E-state index contributed by atoms with van der Waals surface area (Å²) in [6.45, 7) is 2.66. The van der Waals surface area contributed by atoms with Crippen LogP contribution in [-0.4, -0.2) is 17.0 Å². The Kier molecular flexibility index (Phi) is 3.62. The van der Waals surface area contributed by atoms with E-state index >= 15 is 0 Å². The van der Waals surface area contributed by atoms with Crippen LogP contribution >= 0.6 is 0 Å². The van der Waals surface area contributed by atoms with Gasteiger partial charge in [0.2, 0.25) is 0 Å². The van der Waals surface area contributed by atoms with Gasteiger partial charge in [-0.15, -0.1) is 0 Å². The molecule has 1 aromatic heterocycles. The summed E-state index contributed by atoms with van der Waals surface area (Å²) in [4.78, 5) is 19.4. The number of nitrogens with one attached hydrogen (secondary N) is 1. The lowest BCUT2D eigenvalue weighted by Gasteiger charge is -2.18. The molecule has 0 atom stereocenters. The largest absolute Gasteiger partial charge is 0.355 e. The maximum absolute atomic E-state index is 11.3. The number of rotatable bonds is 3. The van der Waals surface area contributed by atoms with Crippen LogP contribution in [0.3, 0.4) is 0 Å². The molecule has 0 aliphatic rings. The van der Waals surface area contributed by atoms with Crippen molar-refractivity contribution in [1.29, 1.82) is 5.26 Å². The molecule has 1 aromatic carbocycles. The standard InChI is InChI=1S/C14H14N4O/c1-10-4-3-5-11(6-10)9-18(2)13-7-12(8-15)16-14(19)17-13/h3-7H,9H2,1-2H3,(H,16,17,19). The predicted molar refractivity (Wildman–Crippen MR) is 72.9 cm³/mol. The van der Waals surface area contributed by atoms with E-state index in [0.29, 0.717) is 12.4 Å². The van der Waals surface area contributed by atoms with E-state index in [-0.39, 0.29) is 5.69 Å². The van der Waals surface area contributed by atoms with Crippen LogP contribution in [-0.2, 0) is 6.54 Å². The molecule has 0 aliphatic carbocycles. The van der Waals surface area contributed by atoms with E-state index in [1.807, 2.05) is 43.1 Å². The minimum Gasteiger partial charge on any atom is -0.355 e. The number of anilines is 1. The first kappa shape index (κ1) is 12.8. The molecule has 0 amide bonds. The molecule has 0 saturated heterocycles. The fourth-order valence-electron chi connectivity index (χ4n) is 1.87. The van der Waals surface area contributed by atoms with Crippen LogP contribution in [0, 0.1) is 18.3 Å². The van der Waals surface area contributed by atoms with Crippen LogP contribution in [0.5, 0.6) is 0 Å². The Morgan fingerprint density at radius 3 is 2.89 bits per heavy atom. The van der Waals surface area contributed by atoms with Crippen LogP contribution < -0.4 is 10.6 Å². The Morgan fingerprint density at radius 2 is 2.21 bits per heavy atom. The average molecular weight is 254 g/mol. The van der Waals surface area contributed by atoms with E-state index in [2.05, 4.69) is 16.0 Å².